The Bertz CT molecular complexity index is 1510. The molecule has 0 saturated heterocycles. The van der Waals surface area contributed by atoms with Crippen LogP contribution in [-0.2, 0) is 21.2 Å². The molecular formula is C25H27ClN4O4S2. The van der Waals surface area contributed by atoms with Crippen molar-refractivity contribution in [2.45, 2.75) is 38.6 Å². The van der Waals surface area contributed by atoms with Crippen LogP contribution >= 0.6 is 22.9 Å². The van der Waals surface area contributed by atoms with Gasteiger partial charge in [0.05, 0.1) is 40.2 Å². The van der Waals surface area contributed by atoms with Crippen LogP contribution in [0.25, 0.3) is 10.2 Å². The molecule has 8 nitrogen and oxygen atoms in total. The maximum absolute atomic E-state index is 13.4. The summed E-state index contributed by atoms with van der Waals surface area (Å²) >= 11 is 7.58. The van der Waals surface area contributed by atoms with Crippen LogP contribution in [0.2, 0.25) is 5.02 Å². The number of ether oxygens (including phenoxy) is 1. The van der Waals surface area contributed by atoms with Gasteiger partial charge in [-0.25, -0.2) is 13.4 Å². The Morgan fingerprint density at radius 1 is 1.14 bits per heavy atom. The minimum absolute atomic E-state index is 0.149. The van der Waals surface area contributed by atoms with Crippen molar-refractivity contribution in [1.29, 1.82) is 0 Å². The summed E-state index contributed by atoms with van der Waals surface area (Å²) in [4.78, 5) is 19.8. The lowest BCUT2D eigenvalue weighted by atomic mass is 10.2. The highest BCUT2D eigenvalue weighted by Gasteiger charge is 2.24. The molecule has 0 saturated carbocycles. The summed E-state index contributed by atoms with van der Waals surface area (Å²) in [5.41, 5.74) is 3.55. The van der Waals surface area contributed by atoms with E-state index >= 15 is 0 Å². The molecule has 190 valence electrons. The number of hydrogen-bond acceptors (Lipinski definition) is 7. The number of rotatable bonds is 9. The summed E-state index contributed by atoms with van der Waals surface area (Å²) in [5.74, 6) is -0.0763. The van der Waals surface area contributed by atoms with Gasteiger partial charge in [0, 0.05) is 23.7 Å². The minimum Gasteiger partial charge on any atom is -0.497 e. The molecule has 0 bridgehead atoms. The van der Waals surface area contributed by atoms with Crippen LogP contribution in [0.5, 0.6) is 5.75 Å². The summed E-state index contributed by atoms with van der Waals surface area (Å²) < 4.78 is 33.6. The number of thiazole rings is 1. The first kappa shape index (κ1) is 26.1. The van der Waals surface area contributed by atoms with Crippen LogP contribution in [0.15, 0.2) is 47.4 Å². The number of benzene rings is 2. The third-order valence-corrected chi connectivity index (χ3v) is 8.79. The van der Waals surface area contributed by atoms with Crippen molar-refractivity contribution in [2.75, 3.05) is 24.3 Å². The lowest BCUT2D eigenvalue weighted by molar-refractivity contribution is -0.118. The molecule has 4 aromatic rings. The number of aromatic nitrogens is 3. The van der Waals surface area contributed by atoms with E-state index in [-0.39, 0.29) is 23.0 Å². The van der Waals surface area contributed by atoms with E-state index in [9.17, 15) is 13.2 Å². The molecule has 2 heterocycles. The van der Waals surface area contributed by atoms with Crippen molar-refractivity contribution in [2.24, 2.45) is 0 Å². The first-order valence-electron chi connectivity index (χ1n) is 11.3. The maximum atomic E-state index is 13.4. The van der Waals surface area contributed by atoms with Crippen LogP contribution in [0, 0.1) is 20.8 Å². The van der Waals surface area contributed by atoms with Gasteiger partial charge >= 0.3 is 0 Å². The second-order valence-corrected chi connectivity index (χ2v) is 12.1. The Labute approximate surface area is 219 Å². The number of carbonyl (C=O) groups is 1. The van der Waals surface area contributed by atoms with E-state index in [0.29, 0.717) is 29.0 Å². The first-order chi connectivity index (χ1) is 17.1. The largest absolute Gasteiger partial charge is 0.497 e. The third-order valence-electron chi connectivity index (χ3n) is 5.81. The highest BCUT2D eigenvalue weighted by molar-refractivity contribution is 7.91. The van der Waals surface area contributed by atoms with Gasteiger partial charge in [-0.3, -0.25) is 14.4 Å². The summed E-state index contributed by atoms with van der Waals surface area (Å²) in [7, 11) is -2.14. The van der Waals surface area contributed by atoms with Crippen LogP contribution in [-0.4, -0.2) is 48.5 Å². The van der Waals surface area contributed by atoms with Crippen molar-refractivity contribution < 1.29 is 17.9 Å². The molecule has 0 N–H and O–H groups in total. The van der Waals surface area contributed by atoms with Crippen molar-refractivity contribution in [1.82, 2.24) is 14.8 Å². The van der Waals surface area contributed by atoms with E-state index in [0.717, 1.165) is 27.2 Å². The van der Waals surface area contributed by atoms with Crippen molar-refractivity contribution in [3.05, 3.63) is 64.4 Å². The number of anilines is 1. The Balaban J connectivity index is 1.59. The Morgan fingerprint density at radius 3 is 2.50 bits per heavy atom. The van der Waals surface area contributed by atoms with Crippen molar-refractivity contribution in [3.8, 4) is 5.75 Å². The van der Waals surface area contributed by atoms with Gasteiger partial charge in [-0.15, -0.1) is 0 Å². The SMILES string of the molecule is COc1ccc(S(=O)(=O)CCC(=O)N(CCn2nc(C)cc2C)c2nc3c(C)cc(Cl)cc3s2)cc1. The molecule has 4 rings (SSSR count). The average Bonchev–Trinajstić information content (AvgIpc) is 3.40. The van der Waals surface area contributed by atoms with Gasteiger partial charge in [-0.05, 0) is 68.8 Å². The molecule has 0 unspecified atom stereocenters. The molecule has 2 aromatic heterocycles. The van der Waals surface area contributed by atoms with E-state index in [1.54, 1.807) is 17.0 Å². The Kier molecular flexibility index (Phi) is 7.67. The summed E-state index contributed by atoms with van der Waals surface area (Å²) in [6.07, 6.45) is -0.179. The molecule has 0 aliphatic heterocycles. The highest BCUT2D eigenvalue weighted by atomic mass is 35.5. The monoisotopic (exact) mass is 546 g/mol. The van der Waals surface area contributed by atoms with E-state index in [1.165, 1.54) is 30.6 Å². The van der Waals surface area contributed by atoms with E-state index < -0.39 is 9.84 Å². The number of aryl methyl sites for hydroxylation is 3. The van der Waals surface area contributed by atoms with Crippen LogP contribution in [0.3, 0.4) is 0 Å². The van der Waals surface area contributed by atoms with Gasteiger partial charge in [0.15, 0.2) is 15.0 Å². The first-order valence-corrected chi connectivity index (χ1v) is 14.2. The summed E-state index contributed by atoms with van der Waals surface area (Å²) in [6, 6.07) is 11.8. The molecule has 2 aromatic carbocycles. The fraction of sp³-hybridized carbons (Fsp3) is 0.320. The number of fused-ring (bicyclic) bond motifs is 1. The smallest absolute Gasteiger partial charge is 0.229 e. The third kappa shape index (κ3) is 5.71. The predicted octanol–water partition coefficient (Wildman–Crippen LogP) is 4.98. The van der Waals surface area contributed by atoms with Gasteiger partial charge in [-0.1, -0.05) is 22.9 Å². The van der Waals surface area contributed by atoms with Crippen molar-refractivity contribution >= 4 is 54.0 Å². The second-order valence-electron chi connectivity index (χ2n) is 8.51. The summed E-state index contributed by atoms with van der Waals surface area (Å²) in [5, 5.41) is 5.58. The lowest BCUT2D eigenvalue weighted by Gasteiger charge is -2.20. The van der Waals surface area contributed by atoms with Crippen LogP contribution in [0.4, 0.5) is 5.13 Å². The zero-order valence-electron chi connectivity index (χ0n) is 20.5. The number of amides is 1. The maximum Gasteiger partial charge on any atom is 0.229 e. The molecule has 0 atom stereocenters. The number of carbonyl (C=O) groups excluding carboxylic acids is 1. The molecule has 0 aliphatic carbocycles. The molecule has 0 spiro atoms. The van der Waals surface area contributed by atoms with E-state index in [2.05, 4.69) is 5.10 Å². The quantitative estimate of drug-likeness (QED) is 0.294. The number of methoxy groups -OCH3 is 1. The molecule has 0 radical (unpaired) electrons. The molecule has 36 heavy (non-hydrogen) atoms. The van der Waals surface area contributed by atoms with Crippen LogP contribution in [0.1, 0.15) is 23.4 Å². The normalized spacial score (nSPS) is 11.7. The number of hydrogen-bond donors (Lipinski definition) is 0. The standard InChI is InChI=1S/C25H27ClN4O4S2/c1-16-13-19(26)15-22-24(16)27-25(35-22)29(10-11-30-18(3)14-17(2)28-30)23(31)9-12-36(32,33)21-7-5-20(34-4)6-8-21/h5-8,13-15H,9-12H2,1-4H3. The zero-order chi connectivity index (χ0) is 26.0. The Morgan fingerprint density at radius 2 is 1.86 bits per heavy atom. The zero-order valence-corrected chi connectivity index (χ0v) is 22.9. The minimum atomic E-state index is -3.66. The second kappa shape index (κ2) is 10.6. The highest BCUT2D eigenvalue weighted by Crippen LogP contribution is 2.33. The lowest BCUT2D eigenvalue weighted by Crippen LogP contribution is -2.35. The van der Waals surface area contributed by atoms with E-state index in [1.807, 2.05) is 43.7 Å². The number of nitrogens with zero attached hydrogens (tertiary/aromatic N) is 4. The van der Waals surface area contributed by atoms with E-state index in [4.69, 9.17) is 21.3 Å². The summed E-state index contributed by atoms with van der Waals surface area (Å²) in [6.45, 7) is 6.54. The molecule has 0 aliphatic rings. The fourth-order valence-corrected chi connectivity index (χ4v) is 6.63. The number of halogens is 1. The predicted molar refractivity (Wildman–Crippen MR) is 143 cm³/mol. The molecule has 1 amide bonds. The van der Waals surface area contributed by atoms with Crippen molar-refractivity contribution in [3.63, 3.8) is 0 Å². The van der Waals surface area contributed by atoms with Gasteiger partial charge in [-0.2, -0.15) is 5.10 Å². The van der Waals surface area contributed by atoms with Gasteiger partial charge < -0.3 is 4.74 Å². The van der Waals surface area contributed by atoms with Gasteiger partial charge in [0.25, 0.3) is 0 Å². The molecule has 0 fully saturated rings. The molecular weight excluding hydrogens is 520 g/mol. The Hall–Kier alpha value is -2.95. The van der Waals surface area contributed by atoms with Crippen LogP contribution < -0.4 is 9.64 Å². The topological polar surface area (TPSA) is 94.4 Å². The van der Waals surface area contributed by atoms with Gasteiger partial charge in [0.1, 0.15) is 5.75 Å². The van der Waals surface area contributed by atoms with Gasteiger partial charge in [0.2, 0.25) is 5.91 Å². The average molecular weight is 547 g/mol. The molecule has 11 heteroatoms. The fourth-order valence-electron chi connectivity index (χ4n) is 3.94. The number of sulfone groups is 1.